The molecule has 1 aromatic heterocycles. The summed E-state index contributed by atoms with van der Waals surface area (Å²) < 4.78 is 0. The Kier molecular flexibility index (Phi) is 3.04. The van der Waals surface area contributed by atoms with E-state index in [9.17, 15) is 0 Å². The van der Waals surface area contributed by atoms with Crippen molar-refractivity contribution in [3.63, 3.8) is 0 Å². The van der Waals surface area contributed by atoms with Crippen LogP contribution in [0, 0.1) is 0 Å². The summed E-state index contributed by atoms with van der Waals surface area (Å²) in [6.07, 6.45) is 1.77. The second-order valence-electron chi connectivity index (χ2n) is 4.89. The van der Waals surface area contributed by atoms with E-state index in [0.29, 0.717) is 5.15 Å². The maximum absolute atomic E-state index is 5.85. The van der Waals surface area contributed by atoms with Gasteiger partial charge in [0, 0.05) is 31.2 Å². The van der Waals surface area contributed by atoms with Gasteiger partial charge < -0.3 is 4.90 Å². The largest absolute Gasteiger partial charge is 0.367 e. The summed E-state index contributed by atoms with van der Waals surface area (Å²) in [5.74, 6) is 0. The third-order valence-corrected chi connectivity index (χ3v) is 3.48. The maximum Gasteiger partial charge on any atom is 0.153 e. The van der Waals surface area contributed by atoms with Gasteiger partial charge in [-0.05, 0) is 20.9 Å². The number of anilines is 1. The molecule has 16 heavy (non-hydrogen) atoms. The molecule has 0 unspecified atom stereocenters. The molecule has 1 saturated heterocycles. The van der Waals surface area contributed by atoms with Crippen LogP contribution >= 0.6 is 11.6 Å². The number of nitrogens with zero attached hydrogens (tertiary/aromatic N) is 4. The third-order valence-electron chi connectivity index (χ3n) is 3.29. The number of likely N-dealkylation sites (N-methyl/N-ethyl adjacent to an activating group) is 1. The van der Waals surface area contributed by atoms with Crippen LogP contribution in [0.1, 0.15) is 13.8 Å². The molecule has 4 nitrogen and oxygen atoms in total. The molecule has 0 bridgehead atoms. The van der Waals surface area contributed by atoms with Crippen molar-refractivity contribution >= 4 is 17.3 Å². The Morgan fingerprint density at radius 2 is 2.12 bits per heavy atom. The molecule has 88 valence electrons. The van der Waals surface area contributed by atoms with E-state index in [1.807, 2.05) is 6.07 Å². The summed E-state index contributed by atoms with van der Waals surface area (Å²) in [6, 6.07) is 1.87. The summed E-state index contributed by atoms with van der Waals surface area (Å²) in [7, 11) is 2.16. The molecule has 0 amide bonds. The highest BCUT2D eigenvalue weighted by atomic mass is 35.5. The zero-order valence-corrected chi connectivity index (χ0v) is 10.7. The fourth-order valence-corrected chi connectivity index (χ4v) is 2.12. The van der Waals surface area contributed by atoms with Gasteiger partial charge in [0.05, 0.1) is 11.9 Å². The smallest absolute Gasteiger partial charge is 0.153 e. The number of hydrogen-bond acceptors (Lipinski definition) is 4. The van der Waals surface area contributed by atoms with Crippen molar-refractivity contribution in [2.45, 2.75) is 19.4 Å². The molecule has 0 atom stereocenters. The highest BCUT2D eigenvalue weighted by Gasteiger charge is 2.31. The van der Waals surface area contributed by atoms with E-state index in [4.69, 9.17) is 11.6 Å². The minimum Gasteiger partial charge on any atom is -0.367 e. The van der Waals surface area contributed by atoms with Gasteiger partial charge in [-0.25, -0.2) is 0 Å². The van der Waals surface area contributed by atoms with Gasteiger partial charge in [-0.1, -0.05) is 11.6 Å². The van der Waals surface area contributed by atoms with Crippen molar-refractivity contribution in [1.29, 1.82) is 0 Å². The molecule has 0 radical (unpaired) electrons. The lowest BCUT2D eigenvalue weighted by molar-refractivity contribution is 0.139. The van der Waals surface area contributed by atoms with Crippen molar-refractivity contribution in [2.24, 2.45) is 0 Å². The molecule has 0 saturated carbocycles. The topological polar surface area (TPSA) is 32.3 Å². The fourth-order valence-electron chi connectivity index (χ4n) is 1.96. The van der Waals surface area contributed by atoms with Crippen LogP contribution in [0.2, 0.25) is 5.15 Å². The second-order valence-corrected chi connectivity index (χ2v) is 5.28. The molecule has 1 fully saturated rings. The van der Waals surface area contributed by atoms with Crippen LogP contribution in [-0.4, -0.2) is 47.3 Å². The molecule has 5 heteroatoms. The molecule has 0 aromatic carbocycles. The quantitative estimate of drug-likeness (QED) is 0.748. The van der Waals surface area contributed by atoms with Crippen LogP contribution in [0.4, 0.5) is 5.69 Å². The van der Waals surface area contributed by atoms with E-state index in [1.54, 1.807) is 6.20 Å². The summed E-state index contributed by atoms with van der Waals surface area (Å²) >= 11 is 5.85. The molecule has 1 aliphatic heterocycles. The average molecular weight is 241 g/mol. The van der Waals surface area contributed by atoms with E-state index in [0.717, 1.165) is 25.3 Å². The number of aromatic nitrogens is 2. The van der Waals surface area contributed by atoms with Gasteiger partial charge in [-0.3, -0.25) is 4.90 Å². The van der Waals surface area contributed by atoms with Crippen molar-refractivity contribution in [3.8, 4) is 0 Å². The summed E-state index contributed by atoms with van der Waals surface area (Å²) in [5.41, 5.74) is 1.23. The van der Waals surface area contributed by atoms with Crippen LogP contribution in [0.15, 0.2) is 12.3 Å². The monoisotopic (exact) mass is 240 g/mol. The Balaban J connectivity index is 2.18. The van der Waals surface area contributed by atoms with Crippen LogP contribution in [-0.2, 0) is 0 Å². The maximum atomic E-state index is 5.85. The third kappa shape index (κ3) is 2.28. The van der Waals surface area contributed by atoms with E-state index in [-0.39, 0.29) is 5.54 Å². The molecule has 2 heterocycles. The Morgan fingerprint density at radius 1 is 1.38 bits per heavy atom. The summed E-state index contributed by atoms with van der Waals surface area (Å²) in [4.78, 5) is 4.68. The number of halogens is 1. The van der Waals surface area contributed by atoms with E-state index >= 15 is 0 Å². The molecule has 1 aliphatic rings. The van der Waals surface area contributed by atoms with E-state index in [2.05, 4.69) is 40.9 Å². The van der Waals surface area contributed by atoms with Gasteiger partial charge in [-0.15, -0.1) is 5.10 Å². The van der Waals surface area contributed by atoms with Crippen LogP contribution < -0.4 is 4.90 Å². The van der Waals surface area contributed by atoms with Gasteiger partial charge >= 0.3 is 0 Å². The predicted octanol–water partition coefficient (Wildman–Crippen LogP) is 1.66. The van der Waals surface area contributed by atoms with Crippen LogP contribution in [0.25, 0.3) is 0 Å². The van der Waals surface area contributed by atoms with Gasteiger partial charge in [0.1, 0.15) is 0 Å². The zero-order chi connectivity index (χ0) is 11.8. The first-order valence-corrected chi connectivity index (χ1v) is 5.81. The van der Waals surface area contributed by atoms with Crippen LogP contribution in [0.5, 0.6) is 0 Å². The first-order chi connectivity index (χ1) is 7.49. The summed E-state index contributed by atoms with van der Waals surface area (Å²) in [5, 5.41) is 8.11. The predicted molar refractivity (Wildman–Crippen MR) is 66.0 cm³/mol. The highest BCUT2D eigenvalue weighted by Crippen LogP contribution is 2.24. The van der Waals surface area contributed by atoms with Gasteiger partial charge in [0.15, 0.2) is 5.15 Å². The van der Waals surface area contributed by atoms with Crippen molar-refractivity contribution in [1.82, 2.24) is 15.1 Å². The van der Waals surface area contributed by atoms with Gasteiger partial charge in [0.2, 0.25) is 0 Å². The SMILES string of the molecule is CN1CCN(c2cnnc(Cl)c2)CC1(C)C. The zero-order valence-electron chi connectivity index (χ0n) is 9.94. The molecular formula is C11H17ClN4. The molecule has 0 N–H and O–H groups in total. The van der Waals surface area contributed by atoms with E-state index < -0.39 is 0 Å². The summed E-state index contributed by atoms with van der Waals surface area (Å²) in [6.45, 7) is 7.52. The van der Waals surface area contributed by atoms with Crippen LogP contribution in [0.3, 0.4) is 0 Å². The minimum atomic E-state index is 0.175. The Morgan fingerprint density at radius 3 is 2.75 bits per heavy atom. The Hall–Kier alpha value is -0.870. The van der Waals surface area contributed by atoms with Gasteiger partial charge in [-0.2, -0.15) is 5.10 Å². The standard InChI is InChI=1S/C11H17ClN4/c1-11(2)8-16(5-4-15(11)3)9-6-10(12)14-13-7-9/h6-7H,4-5,8H2,1-3H3. The number of rotatable bonds is 1. The lowest BCUT2D eigenvalue weighted by atomic mass is 9.99. The molecular weight excluding hydrogens is 224 g/mol. The fraction of sp³-hybridized carbons (Fsp3) is 0.636. The Bertz CT molecular complexity index is 380. The van der Waals surface area contributed by atoms with Gasteiger partial charge in [0.25, 0.3) is 0 Å². The minimum absolute atomic E-state index is 0.175. The van der Waals surface area contributed by atoms with E-state index in [1.165, 1.54) is 0 Å². The normalized spacial score (nSPS) is 21.1. The second kappa shape index (κ2) is 4.18. The molecule has 2 rings (SSSR count). The molecule has 0 spiro atoms. The lowest BCUT2D eigenvalue weighted by Crippen LogP contribution is -2.57. The Labute approximate surface area is 101 Å². The molecule has 1 aromatic rings. The van der Waals surface area contributed by atoms with Crippen molar-refractivity contribution < 1.29 is 0 Å². The average Bonchev–Trinajstić information content (AvgIpc) is 2.22. The molecule has 0 aliphatic carbocycles. The lowest BCUT2D eigenvalue weighted by Gasteiger charge is -2.46. The first-order valence-electron chi connectivity index (χ1n) is 5.43. The van der Waals surface area contributed by atoms with Crippen molar-refractivity contribution in [3.05, 3.63) is 17.4 Å². The van der Waals surface area contributed by atoms with Crippen molar-refractivity contribution in [2.75, 3.05) is 31.6 Å². The first kappa shape index (κ1) is 11.6. The number of hydrogen-bond donors (Lipinski definition) is 0. The highest BCUT2D eigenvalue weighted by molar-refractivity contribution is 6.29. The number of piperazine rings is 1.